The van der Waals surface area contributed by atoms with E-state index in [-0.39, 0.29) is 28.2 Å². The highest BCUT2D eigenvalue weighted by Gasteiger charge is 2.34. The van der Waals surface area contributed by atoms with Crippen LogP contribution in [0.3, 0.4) is 0 Å². The summed E-state index contributed by atoms with van der Waals surface area (Å²) in [7, 11) is 0. The Bertz CT molecular complexity index is 581. The minimum Gasteiger partial charge on any atom is -0.349 e. The number of halogens is 1. The number of nitro groups is 1. The zero-order valence-corrected chi connectivity index (χ0v) is 12.1. The number of carbonyl (C=O) groups excluding carboxylic acids is 1. The van der Waals surface area contributed by atoms with Gasteiger partial charge in [0.05, 0.1) is 4.92 Å². The minimum atomic E-state index is -0.548. The van der Waals surface area contributed by atoms with Crippen molar-refractivity contribution < 1.29 is 9.72 Å². The van der Waals surface area contributed by atoms with Gasteiger partial charge in [0.2, 0.25) is 0 Å². The predicted molar refractivity (Wildman–Crippen MR) is 78.5 cm³/mol. The normalized spacial score (nSPS) is 27.4. The number of nitrogens with one attached hydrogen (secondary N) is 2. The van der Waals surface area contributed by atoms with Crippen LogP contribution in [0, 0.1) is 10.1 Å². The number of benzene rings is 1. The topological polar surface area (TPSA) is 84.3 Å². The second-order valence-corrected chi connectivity index (χ2v) is 6.17. The highest BCUT2D eigenvalue weighted by Crippen LogP contribution is 2.27. The molecule has 2 aliphatic heterocycles. The Morgan fingerprint density at radius 3 is 2.57 bits per heavy atom. The van der Waals surface area contributed by atoms with Gasteiger partial charge < -0.3 is 10.6 Å². The Kier molecular flexibility index (Phi) is 3.82. The third-order valence-electron chi connectivity index (χ3n) is 4.16. The second kappa shape index (κ2) is 5.61. The quantitative estimate of drug-likeness (QED) is 0.662. The minimum absolute atomic E-state index is 0.120. The molecule has 6 nitrogen and oxygen atoms in total. The van der Waals surface area contributed by atoms with E-state index < -0.39 is 4.92 Å². The van der Waals surface area contributed by atoms with Crippen LogP contribution >= 0.6 is 11.6 Å². The van der Waals surface area contributed by atoms with Crippen LogP contribution in [0.2, 0.25) is 5.02 Å². The van der Waals surface area contributed by atoms with Crippen LogP contribution in [-0.2, 0) is 0 Å². The first-order valence-electron chi connectivity index (χ1n) is 7.03. The number of non-ortho nitro benzene ring substituents is 1. The Morgan fingerprint density at radius 2 is 1.95 bits per heavy atom. The van der Waals surface area contributed by atoms with Crippen molar-refractivity contribution in [2.75, 3.05) is 0 Å². The molecule has 2 fully saturated rings. The van der Waals surface area contributed by atoms with Crippen LogP contribution in [0.25, 0.3) is 0 Å². The van der Waals surface area contributed by atoms with Gasteiger partial charge >= 0.3 is 0 Å². The molecule has 0 saturated carbocycles. The summed E-state index contributed by atoms with van der Waals surface area (Å²) >= 11 is 5.84. The van der Waals surface area contributed by atoms with Crippen LogP contribution in [0.4, 0.5) is 5.69 Å². The largest absolute Gasteiger partial charge is 0.349 e. The smallest absolute Gasteiger partial charge is 0.271 e. The lowest BCUT2D eigenvalue weighted by Crippen LogP contribution is -2.48. The van der Waals surface area contributed by atoms with Gasteiger partial charge in [0.1, 0.15) is 0 Å². The molecule has 2 N–H and O–H groups in total. The highest BCUT2D eigenvalue weighted by atomic mass is 35.5. The molecule has 0 aromatic heterocycles. The lowest BCUT2D eigenvalue weighted by molar-refractivity contribution is -0.384. The molecule has 0 aliphatic carbocycles. The van der Waals surface area contributed by atoms with Crippen LogP contribution < -0.4 is 10.6 Å². The van der Waals surface area contributed by atoms with Gasteiger partial charge in [-0.1, -0.05) is 11.6 Å². The lowest BCUT2D eigenvalue weighted by atomic mass is 9.99. The van der Waals surface area contributed by atoms with Crippen LogP contribution in [-0.4, -0.2) is 29.0 Å². The van der Waals surface area contributed by atoms with Crippen molar-refractivity contribution in [3.63, 3.8) is 0 Å². The molecule has 1 aromatic rings. The average molecular weight is 310 g/mol. The average Bonchev–Trinajstić information content (AvgIpc) is 2.77. The molecular formula is C14H16ClN3O3. The van der Waals surface area contributed by atoms with E-state index in [0.717, 1.165) is 25.7 Å². The van der Waals surface area contributed by atoms with E-state index in [1.165, 1.54) is 18.2 Å². The molecule has 2 unspecified atom stereocenters. The summed E-state index contributed by atoms with van der Waals surface area (Å²) in [6.07, 6.45) is 4.12. The summed E-state index contributed by atoms with van der Waals surface area (Å²) in [5.74, 6) is -0.299. The van der Waals surface area contributed by atoms with Gasteiger partial charge in [-0.25, -0.2) is 0 Å². The number of carbonyl (C=O) groups is 1. The molecule has 2 atom stereocenters. The van der Waals surface area contributed by atoms with Gasteiger partial charge in [0.15, 0.2) is 0 Å². The molecule has 2 saturated heterocycles. The number of hydrogen-bond acceptors (Lipinski definition) is 4. The molecule has 0 spiro atoms. The van der Waals surface area contributed by atoms with E-state index in [9.17, 15) is 14.9 Å². The SMILES string of the molecule is O=C(NC1CC2CCC(C1)N2)c1cc(Cl)cc([N+](=O)[O-])c1. The van der Waals surface area contributed by atoms with Crippen LogP contribution in [0.15, 0.2) is 18.2 Å². The monoisotopic (exact) mass is 309 g/mol. The molecule has 1 aromatic carbocycles. The maximum Gasteiger partial charge on any atom is 0.271 e. The van der Waals surface area contributed by atoms with E-state index in [1.807, 2.05) is 0 Å². The van der Waals surface area contributed by atoms with Crippen molar-refractivity contribution >= 4 is 23.2 Å². The fourth-order valence-corrected chi connectivity index (χ4v) is 3.48. The molecule has 3 rings (SSSR count). The summed E-state index contributed by atoms with van der Waals surface area (Å²) in [6, 6.07) is 5.03. The molecule has 7 heteroatoms. The summed E-state index contributed by atoms with van der Waals surface area (Å²) < 4.78 is 0. The summed E-state index contributed by atoms with van der Waals surface area (Å²) in [5, 5.41) is 17.5. The molecule has 112 valence electrons. The first-order chi connectivity index (χ1) is 10.0. The maximum atomic E-state index is 12.3. The number of nitro benzene ring substituents is 1. The van der Waals surface area contributed by atoms with Crippen molar-refractivity contribution in [3.05, 3.63) is 38.9 Å². The molecule has 2 aliphatic rings. The van der Waals surface area contributed by atoms with Crippen molar-refractivity contribution in [1.82, 2.24) is 10.6 Å². The first-order valence-corrected chi connectivity index (χ1v) is 7.41. The molecular weight excluding hydrogens is 294 g/mol. The van der Waals surface area contributed by atoms with Crippen molar-refractivity contribution in [2.45, 2.75) is 43.8 Å². The number of rotatable bonds is 3. The summed E-state index contributed by atoms with van der Waals surface area (Å²) in [6.45, 7) is 0. The van der Waals surface area contributed by atoms with Crippen LogP contribution in [0.5, 0.6) is 0 Å². The third-order valence-corrected chi connectivity index (χ3v) is 4.38. The van der Waals surface area contributed by atoms with Gasteiger partial charge in [0, 0.05) is 40.8 Å². The molecule has 2 heterocycles. The summed E-state index contributed by atoms with van der Waals surface area (Å²) in [5.41, 5.74) is 0.0677. The van der Waals surface area contributed by atoms with Gasteiger partial charge in [-0.15, -0.1) is 0 Å². The fourth-order valence-electron chi connectivity index (χ4n) is 3.25. The molecule has 21 heavy (non-hydrogen) atoms. The van der Waals surface area contributed by atoms with Gasteiger partial charge in [-0.3, -0.25) is 14.9 Å². The number of nitrogens with zero attached hydrogens (tertiary/aromatic N) is 1. The van der Waals surface area contributed by atoms with Crippen molar-refractivity contribution in [3.8, 4) is 0 Å². The van der Waals surface area contributed by atoms with Gasteiger partial charge in [0.25, 0.3) is 11.6 Å². The Morgan fingerprint density at radius 1 is 1.29 bits per heavy atom. The van der Waals surface area contributed by atoms with Gasteiger partial charge in [-0.2, -0.15) is 0 Å². The molecule has 1 amide bonds. The maximum absolute atomic E-state index is 12.3. The fraction of sp³-hybridized carbons (Fsp3) is 0.500. The Balaban J connectivity index is 1.72. The van der Waals surface area contributed by atoms with E-state index in [0.29, 0.717) is 12.1 Å². The Hall–Kier alpha value is -1.66. The first kappa shape index (κ1) is 14.3. The number of amides is 1. The van der Waals surface area contributed by atoms with E-state index in [1.54, 1.807) is 0 Å². The number of fused-ring (bicyclic) bond motifs is 2. The lowest BCUT2D eigenvalue weighted by Gasteiger charge is -2.29. The van der Waals surface area contributed by atoms with E-state index >= 15 is 0 Å². The standard InChI is InChI=1S/C14H16ClN3O3/c15-9-3-8(4-13(5-9)18(20)21)14(19)17-12-6-10-1-2-11(7-12)16-10/h3-5,10-12,16H,1-2,6-7H2,(H,17,19). The predicted octanol–water partition coefficient (Wildman–Crippen LogP) is 2.26. The van der Waals surface area contributed by atoms with Crippen LogP contribution in [0.1, 0.15) is 36.0 Å². The number of hydrogen-bond donors (Lipinski definition) is 2. The van der Waals surface area contributed by atoms with E-state index in [4.69, 9.17) is 11.6 Å². The number of piperidine rings is 1. The zero-order valence-electron chi connectivity index (χ0n) is 11.3. The summed E-state index contributed by atoms with van der Waals surface area (Å²) in [4.78, 5) is 22.5. The van der Waals surface area contributed by atoms with E-state index in [2.05, 4.69) is 10.6 Å². The van der Waals surface area contributed by atoms with Crippen molar-refractivity contribution in [1.29, 1.82) is 0 Å². The molecule has 0 radical (unpaired) electrons. The zero-order chi connectivity index (χ0) is 15.0. The highest BCUT2D eigenvalue weighted by molar-refractivity contribution is 6.31. The van der Waals surface area contributed by atoms with Gasteiger partial charge in [-0.05, 0) is 31.7 Å². The molecule has 2 bridgehead atoms. The van der Waals surface area contributed by atoms with Crippen molar-refractivity contribution in [2.24, 2.45) is 0 Å². The second-order valence-electron chi connectivity index (χ2n) is 5.73. The third kappa shape index (κ3) is 3.16. The Labute approximate surface area is 127 Å².